The molecule has 0 saturated heterocycles. The number of halogens is 2. The number of ether oxygens (including phenoxy) is 1. The molecule has 0 fully saturated rings. The van der Waals surface area contributed by atoms with E-state index in [0.717, 1.165) is 16.9 Å². The molecule has 0 saturated carbocycles. The number of methoxy groups -OCH3 is 1. The Morgan fingerprint density at radius 1 is 1.09 bits per heavy atom. The fraction of sp³-hybridized carbons (Fsp3) is 0.368. The SMILES string of the molecule is CC.CC(C)c1ccc(O)c(F)c1.COc1cc(C)ccc1Cl. The van der Waals surface area contributed by atoms with Crippen LogP contribution in [0.25, 0.3) is 0 Å². The molecule has 0 aliphatic rings. The standard InChI is InChI=1S/C9H11FO.C8H9ClO.C2H6/c1-6(2)7-3-4-9(11)8(10)5-7;1-6-3-4-7(9)8(5-6)10-2;1-2/h3-6,11H,1-2H3;3-5H,1-2H3;1-2H3. The third-order valence-corrected chi connectivity index (χ3v) is 3.26. The highest BCUT2D eigenvalue weighted by molar-refractivity contribution is 6.32. The molecule has 2 nitrogen and oxygen atoms in total. The Hall–Kier alpha value is -1.74. The van der Waals surface area contributed by atoms with E-state index in [-0.39, 0.29) is 5.75 Å². The minimum absolute atomic E-state index is 0.283. The van der Waals surface area contributed by atoms with Gasteiger partial charge in [0.15, 0.2) is 11.6 Å². The molecular formula is C19H26ClFO2. The van der Waals surface area contributed by atoms with Gasteiger partial charge in [0.2, 0.25) is 0 Å². The van der Waals surface area contributed by atoms with Crippen molar-refractivity contribution < 1.29 is 14.2 Å². The largest absolute Gasteiger partial charge is 0.505 e. The van der Waals surface area contributed by atoms with Gasteiger partial charge in [-0.25, -0.2) is 4.39 Å². The maximum atomic E-state index is 12.7. The molecule has 0 heterocycles. The quantitative estimate of drug-likeness (QED) is 0.691. The Bertz CT molecular complexity index is 598. The third kappa shape index (κ3) is 7.38. The van der Waals surface area contributed by atoms with Crippen LogP contribution >= 0.6 is 11.6 Å². The van der Waals surface area contributed by atoms with Gasteiger partial charge in [-0.1, -0.05) is 51.4 Å². The van der Waals surface area contributed by atoms with E-state index in [1.165, 1.54) is 12.1 Å². The molecule has 1 N–H and O–H groups in total. The fourth-order valence-corrected chi connectivity index (χ4v) is 1.84. The molecule has 128 valence electrons. The number of hydrogen-bond acceptors (Lipinski definition) is 2. The zero-order valence-corrected chi connectivity index (χ0v) is 15.4. The fourth-order valence-electron chi connectivity index (χ4n) is 1.65. The first-order valence-corrected chi connectivity index (χ1v) is 8.01. The number of aromatic hydroxyl groups is 1. The Morgan fingerprint density at radius 2 is 1.70 bits per heavy atom. The van der Waals surface area contributed by atoms with Crippen LogP contribution in [0.3, 0.4) is 0 Å². The highest BCUT2D eigenvalue weighted by Crippen LogP contribution is 2.24. The average Bonchev–Trinajstić information content (AvgIpc) is 2.54. The Kier molecular flexibility index (Phi) is 10.1. The van der Waals surface area contributed by atoms with Crippen LogP contribution in [0.4, 0.5) is 4.39 Å². The van der Waals surface area contributed by atoms with E-state index in [9.17, 15) is 4.39 Å². The minimum atomic E-state index is -0.545. The summed E-state index contributed by atoms with van der Waals surface area (Å²) in [5, 5.41) is 9.51. The summed E-state index contributed by atoms with van der Waals surface area (Å²) in [6.45, 7) is 9.95. The van der Waals surface area contributed by atoms with Crippen LogP contribution < -0.4 is 4.74 Å². The van der Waals surface area contributed by atoms with Gasteiger partial charge >= 0.3 is 0 Å². The van der Waals surface area contributed by atoms with Crippen LogP contribution in [0.1, 0.15) is 44.7 Å². The van der Waals surface area contributed by atoms with Crippen LogP contribution in [0.15, 0.2) is 36.4 Å². The molecule has 0 aliphatic heterocycles. The average molecular weight is 341 g/mol. The lowest BCUT2D eigenvalue weighted by atomic mass is 10.0. The highest BCUT2D eigenvalue weighted by atomic mass is 35.5. The van der Waals surface area contributed by atoms with E-state index in [1.54, 1.807) is 13.2 Å². The first-order valence-electron chi connectivity index (χ1n) is 7.63. The number of rotatable bonds is 2. The normalized spacial score (nSPS) is 9.43. The number of aryl methyl sites for hydroxylation is 1. The minimum Gasteiger partial charge on any atom is -0.505 e. The van der Waals surface area contributed by atoms with Crippen molar-refractivity contribution in [1.29, 1.82) is 0 Å². The lowest BCUT2D eigenvalue weighted by molar-refractivity contribution is 0.414. The lowest BCUT2D eigenvalue weighted by Crippen LogP contribution is -1.87. The number of benzene rings is 2. The second-order valence-electron chi connectivity index (χ2n) is 5.00. The van der Waals surface area contributed by atoms with Crippen molar-refractivity contribution in [2.24, 2.45) is 0 Å². The van der Waals surface area contributed by atoms with Crippen molar-refractivity contribution >= 4 is 11.6 Å². The van der Waals surface area contributed by atoms with E-state index < -0.39 is 5.82 Å². The van der Waals surface area contributed by atoms with Gasteiger partial charge in [0.1, 0.15) is 5.75 Å². The lowest BCUT2D eigenvalue weighted by Gasteiger charge is -2.04. The van der Waals surface area contributed by atoms with Gasteiger partial charge < -0.3 is 9.84 Å². The number of phenolic OH excluding ortho intramolecular Hbond substituents is 1. The summed E-state index contributed by atoms with van der Waals surface area (Å²) < 4.78 is 17.7. The Labute approximate surface area is 143 Å². The van der Waals surface area contributed by atoms with Gasteiger partial charge in [-0.05, 0) is 48.2 Å². The van der Waals surface area contributed by atoms with Gasteiger partial charge in [0.05, 0.1) is 12.1 Å². The van der Waals surface area contributed by atoms with E-state index in [2.05, 4.69) is 0 Å². The predicted molar refractivity (Wildman–Crippen MR) is 96.2 cm³/mol. The van der Waals surface area contributed by atoms with Crippen molar-refractivity contribution in [3.05, 3.63) is 58.4 Å². The molecule has 0 aliphatic carbocycles. The first-order chi connectivity index (χ1) is 10.8. The molecule has 0 aromatic heterocycles. The molecule has 0 unspecified atom stereocenters. The smallest absolute Gasteiger partial charge is 0.165 e. The molecule has 0 spiro atoms. The van der Waals surface area contributed by atoms with Gasteiger partial charge in [-0.3, -0.25) is 0 Å². The molecule has 2 aromatic rings. The number of phenols is 1. The summed E-state index contributed by atoms with van der Waals surface area (Å²) >= 11 is 5.77. The summed E-state index contributed by atoms with van der Waals surface area (Å²) in [5.74, 6) is 0.206. The van der Waals surface area contributed by atoms with Gasteiger partial charge in [-0.2, -0.15) is 0 Å². The maximum absolute atomic E-state index is 12.7. The van der Waals surface area contributed by atoms with E-state index >= 15 is 0 Å². The third-order valence-electron chi connectivity index (χ3n) is 2.95. The highest BCUT2D eigenvalue weighted by Gasteiger charge is 2.03. The Morgan fingerprint density at radius 3 is 2.13 bits per heavy atom. The molecule has 0 bridgehead atoms. The van der Waals surface area contributed by atoms with Crippen molar-refractivity contribution in [1.82, 2.24) is 0 Å². The van der Waals surface area contributed by atoms with Crippen LogP contribution in [-0.4, -0.2) is 12.2 Å². The second-order valence-corrected chi connectivity index (χ2v) is 5.41. The summed E-state index contributed by atoms with van der Waals surface area (Å²) in [6, 6.07) is 10.1. The molecule has 0 atom stereocenters. The van der Waals surface area contributed by atoms with Crippen molar-refractivity contribution in [2.75, 3.05) is 7.11 Å². The van der Waals surface area contributed by atoms with Crippen molar-refractivity contribution in [3.8, 4) is 11.5 Å². The second kappa shape index (κ2) is 10.9. The summed E-state index contributed by atoms with van der Waals surface area (Å²) in [7, 11) is 1.61. The van der Waals surface area contributed by atoms with E-state index in [4.69, 9.17) is 21.4 Å². The van der Waals surface area contributed by atoms with E-state index in [0.29, 0.717) is 10.9 Å². The van der Waals surface area contributed by atoms with Gasteiger partial charge in [0, 0.05) is 0 Å². The summed E-state index contributed by atoms with van der Waals surface area (Å²) in [4.78, 5) is 0. The van der Waals surface area contributed by atoms with E-state index in [1.807, 2.05) is 52.8 Å². The zero-order chi connectivity index (χ0) is 18.0. The Balaban J connectivity index is 0.000000381. The summed E-state index contributed by atoms with van der Waals surface area (Å²) in [5.41, 5.74) is 2.06. The van der Waals surface area contributed by atoms with Gasteiger partial charge in [-0.15, -0.1) is 0 Å². The van der Waals surface area contributed by atoms with Crippen LogP contribution in [0, 0.1) is 12.7 Å². The number of hydrogen-bond donors (Lipinski definition) is 1. The maximum Gasteiger partial charge on any atom is 0.165 e. The van der Waals surface area contributed by atoms with Crippen LogP contribution in [-0.2, 0) is 0 Å². The monoisotopic (exact) mass is 340 g/mol. The molecule has 2 aromatic carbocycles. The van der Waals surface area contributed by atoms with Gasteiger partial charge in [0.25, 0.3) is 0 Å². The van der Waals surface area contributed by atoms with Crippen molar-refractivity contribution in [3.63, 3.8) is 0 Å². The zero-order valence-electron chi connectivity index (χ0n) is 14.7. The van der Waals surface area contributed by atoms with Crippen LogP contribution in [0.5, 0.6) is 11.5 Å². The molecule has 0 amide bonds. The molecule has 23 heavy (non-hydrogen) atoms. The first kappa shape index (κ1) is 21.3. The molecular weight excluding hydrogens is 315 g/mol. The summed E-state index contributed by atoms with van der Waals surface area (Å²) in [6.07, 6.45) is 0. The molecule has 4 heteroatoms. The predicted octanol–water partition coefficient (Wildman–Crippen LogP) is 6.34. The van der Waals surface area contributed by atoms with Crippen molar-refractivity contribution in [2.45, 2.75) is 40.5 Å². The molecule has 2 rings (SSSR count). The molecule has 0 radical (unpaired) electrons. The topological polar surface area (TPSA) is 29.5 Å². The van der Waals surface area contributed by atoms with Crippen LogP contribution in [0.2, 0.25) is 5.02 Å².